The Labute approximate surface area is 170 Å². The number of hydrogen-bond donors (Lipinski definition) is 1. The van der Waals surface area contributed by atoms with Gasteiger partial charge in [-0.1, -0.05) is 0 Å². The lowest BCUT2D eigenvalue weighted by Crippen LogP contribution is -2.54. The van der Waals surface area contributed by atoms with Gasteiger partial charge in [0, 0.05) is 43.2 Å². The fourth-order valence-electron chi connectivity index (χ4n) is 4.19. The van der Waals surface area contributed by atoms with Crippen LogP contribution in [0.2, 0.25) is 0 Å². The Hall–Kier alpha value is -2.83. The number of amides is 3. The number of fused-ring (bicyclic) bond motifs is 2. The van der Waals surface area contributed by atoms with Crippen LogP contribution in [0.5, 0.6) is 0 Å². The molecule has 1 fully saturated rings. The van der Waals surface area contributed by atoms with Crippen LogP contribution < -0.4 is 5.32 Å². The molecule has 2 heterocycles. The SMILES string of the molecule is CC(C)NC(=O)C(=O)N1CCN(C(=O)Cc2coc3cc4c(cc23)CCC4)CC1. The molecule has 1 aliphatic heterocycles. The van der Waals surface area contributed by atoms with Crippen molar-refractivity contribution < 1.29 is 18.8 Å². The minimum Gasteiger partial charge on any atom is -0.464 e. The average molecular weight is 397 g/mol. The second-order valence-electron chi connectivity index (χ2n) is 8.21. The van der Waals surface area contributed by atoms with Crippen LogP contribution >= 0.6 is 0 Å². The highest BCUT2D eigenvalue weighted by atomic mass is 16.3. The summed E-state index contributed by atoms with van der Waals surface area (Å²) in [6, 6.07) is 4.20. The zero-order valence-electron chi connectivity index (χ0n) is 17.0. The summed E-state index contributed by atoms with van der Waals surface area (Å²) in [5.74, 6) is -1.09. The first-order valence-corrected chi connectivity index (χ1v) is 10.3. The van der Waals surface area contributed by atoms with Crippen LogP contribution in [0.4, 0.5) is 0 Å². The lowest BCUT2D eigenvalue weighted by atomic mass is 10.0. The third-order valence-corrected chi connectivity index (χ3v) is 5.74. The minimum atomic E-state index is -0.586. The first-order valence-electron chi connectivity index (χ1n) is 10.3. The first kappa shape index (κ1) is 19.5. The van der Waals surface area contributed by atoms with Crippen LogP contribution in [0.1, 0.15) is 37.0 Å². The van der Waals surface area contributed by atoms with E-state index in [0.717, 1.165) is 29.4 Å². The molecule has 2 aromatic rings. The standard InChI is InChI=1S/C22H27N3O4/c1-14(2)23-21(27)22(28)25-8-6-24(7-9-25)20(26)12-17-13-29-19-11-16-5-3-4-15(16)10-18(17)19/h10-11,13-14H,3-9,12H2,1-2H3,(H,23,27). The summed E-state index contributed by atoms with van der Waals surface area (Å²) in [6.07, 6.45) is 5.33. The van der Waals surface area contributed by atoms with Crippen molar-refractivity contribution in [3.05, 3.63) is 35.1 Å². The van der Waals surface area contributed by atoms with E-state index in [1.54, 1.807) is 11.2 Å². The van der Waals surface area contributed by atoms with Gasteiger partial charge in [0.25, 0.3) is 0 Å². The normalized spacial score (nSPS) is 16.4. The number of furan rings is 1. The molecule has 0 radical (unpaired) electrons. The van der Waals surface area contributed by atoms with E-state index in [0.29, 0.717) is 26.2 Å². The largest absolute Gasteiger partial charge is 0.464 e. The number of nitrogens with one attached hydrogen (secondary N) is 1. The van der Waals surface area contributed by atoms with Crippen molar-refractivity contribution in [2.24, 2.45) is 0 Å². The van der Waals surface area contributed by atoms with Gasteiger partial charge < -0.3 is 19.5 Å². The van der Waals surface area contributed by atoms with Gasteiger partial charge in [0.1, 0.15) is 5.58 Å². The van der Waals surface area contributed by atoms with Crippen molar-refractivity contribution in [2.75, 3.05) is 26.2 Å². The van der Waals surface area contributed by atoms with Crippen LogP contribution in [0.25, 0.3) is 11.0 Å². The van der Waals surface area contributed by atoms with E-state index in [1.165, 1.54) is 22.4 Å². The highest BCUT2D eigenvalue weighted by Crippen LogP contribution is 2.30. The molecule has 1 saturated heterocycles. The van der Waals surface area contributed by atoms with E-state index in [9.17, 15) is 14.4 Å². The molecule has 0 atom stereocenters. The van der Waals surface area contributed by atoms with Gasteiger partial charge in [-0.3, -0.25) is 14.4 Å². The summed E-state index contributed by atoms with van der Waals surface area (Å²) < 4.78 is 5.70. The number of aryl methyl sites for hydroxylation is 2. The van der Waals surface area contributed by atoms with Crippen molar-refractivity contribution >= 4 is 28.7 Å². The van der Waals surface area contributed by atoms with Crippen molar-refractivity contribution in [1.82, 2.24) is 15.1 Å². The summed E-state index contributed by atoms with van der Waals surface area (Å²) in [6.45, 7) is 5.24. The summed E-state index contributed by atoms with van der Waals surface area (Å²) >= 11 is 0. The molecule has 2 aliphatic rings. The van der Waals surface area contributed by atoms with E-state index < -0.39 is 11.8 Å². The number of hydrogen-bond acceptors (Lipinski definition) is 4. The van der Waals surface area contributed by atoms with Gasteiger partial charge in [-0.2, -0.15) is 0 Å². The minimum absolute atomic E-state index is 0.0203. The van der Waals surface area contributed by atoms with Gasteiger partial charge in [0.15, 0.2) is 0 Å². The smallest absolute Gasteiger partial charge is 0.312 e. The molecule has 1 aromatic carbocycles. The van der Waals surface area contributed by atoms with Crippen LogP contribution in [-0.2, 0) is 33.6 Å². The summed E-state index contributed by atoms with van der Waals surface area (Å²) in [5.41, 5.74) is 4.47. The highest BCUT2D eigenvalue weighted by Gasteiger charge is 2.28. The third kappa shape index (κ3) is 3.99. The van der Waals surface area contributed by atoms with E-state index in [-0.39, 0.29) is 18.4 Å². The molecule has 0 bridgehead atoms. The Kier molecular flexibility index (Phi) is 5.30. The number of carbonyl (C=O) groups excluding carboxylic acids is 3. The van der Waals surface area contributed by atoms with E-state index in [2.05, 4.69) is 17.4 Å². The molecule has 7 heteroatoms. The number of piperazine rings is 1. The quantitative estimate of drug-likeness (QED) is 0.799. The molecule has 0 unspecified atom stereocenters. The Balaban J connectivity index is 1.36. The Morgan fingerprint density at radius 1 is 1.03 bits per heavy atom. The molecule has 154 valence electrons. The fraction of sp³-hybridized carbons (Fsp3) is 0.500. The van der Waals surface area contributed by atoms with Crippen LogP contribution in [0.15, 0.2) is 22.8 Å². The topological polar surface area (TPSA) is 82.9 Å². The molecule has 4 rings (SSSR count). The van der Waals surface area contributed by atoms with Crippen LogP contribution in [0, 0.1) is 0 Å². The fourth-order valence-corrected chi connectivity index (χ4v) is 4.19. The maximum atomic E-state index is 12.8. The highest BCUT2D eigenvalue weighted by molar-refractivity contribution is 6.35. The third-order valence-electron chi connectivity index (χ3n) is 5.74. The van der Waals surface area contributed by atoms with Crippen molar-refractivity contribution in [3.63, 3.8) is 0 Å². The molecule has 7 nitrogen and oxygen atoms in total. The van der Waals surface area contributed by atoms with E-state index in [4.69, 9.17) is 4.42 Å². The van der Waals surface area contributed by atoms with Gasteiger partial charge in [0.2, 0.25) is 5.91 Å². The molecule has 3 amide bonds. The average Bonchev–Trinajstić information content (AvgIpc) is 3.31. The number of benzene rings is 1. The maximum Gasteiger partial charge on any atom is 0.312 e. The van der Waals surface area contributed by atoms with E-state index in [1.807, 2.05) is 13.8 Å². The molecule has 0 spiro atoms. The molecule has 1 N–H and O–H groups in total. The van der Waals surface area contributed by atoms with Gasteiger partial charge >= 0.3 is 11.8 Å². The Morgan fingerprint density at radius 2 is 1.69 bits per heavy atom. The summed E-state index contributed by atoms with van der Waals surface area (Å²) in [4.78, 5) is 40.2. The van der Waals surface area contributed by atoms with Gasteiger partial charge in [-0.05, 0) is 56.4 Å². The zero-order chi connectivity index (χ0) is 20.5. The van der Waals surface area contributed by atoms with Gasteiger partial charge in [-0.25, -0.2) is 0 Å². The predicted octanol–water partition coefficient (Wildman–Crippen LogP) is 1.66. The Morgan fingerprint density at radius 3 is 2.38 bits per heavy atom. The van der Waals surface area contributed by atoms with Gasteiger partial charge in [-0.15, -0.1) is 0 Å². The number of rotatable bonds is 3. The van der Waals surface area contributed by atoms with Crippen LogP contribution in [-0.4, -0.2) is 59.7 Å². The van der Waals surface area contributed by atoms with Crippen LogP contribution in [0.3, 0.4) is 0 Å². The maximum absolute atomic E-state index is 12.8. The Bertz CT molecular complexity index is 954. The second-order valence-corrected chi connectivity index (χ2v) is 8.21. The van der Waals surface area contributed by atoms with Crippen molar-refractivity contribution in [1.29, 1.82) is 0 Å². The summed E-state index contributed by atoms with van der Waals surface area (Å²) in [7, 11) is 0. The molecule has 0 saturated carbocycles. The molecular weight excluding hydrogens is 370 g/mol. The molecule has 1 aliphatic carbocycles. The van der Waals surface area contributed by atoms with Gasteiger partial charge in [0.05, 0.1) is 12.7 Å². The monoisotopic (exact) mass is 397 g/mol. The molecular formula is C22H27N3O4. The summed E-state index contributed by atoms with van der Waals surface area (Å²) in [5, 5.41) is 3.64. The lowest BCUT2D eigenvalue weighted by Gasteiger charge is -2.34. The molecule has 1 aromatic heterocycles. The zero-order valence-corrected chi connectivity index (χ0v) is 17.0. The van der Waals surface area contributed by atoms with Crippen molar-refractivity contribution in [2.45, 2.75) is 45.6 Å². The predicted molar refractivity (Wildman–Crippen MR) is 108 cm³/mol. The number of nitrogens with zero attached hydrogens (tertiary/aromatic N) is 2. The number of carbonyl (C=O) groups is 3. The lowest BCUT2D eigenvalue weighted by molar-refractivity contribution is -0.148. The van der Waals surface area contributed by atoms with Crippen molar-refractivity contribution in [3.8, 4) is 0 Å². The molecule has 29 heavy (non-hydrogen) atoms. The first-order chi connectivity index (χ1) is 13.9. The second kappa shape index (κ2) is 7.89. The van der Waals surface area contributed by atoms with E-state index >= 15 is 0 Å².